The van der Waals surface area contributed by atoms with Crippen molar-refractivity contribution in [2.24, 2.45) is 0 Å². The third-order valence-corrected chi connectivity index (χ3v) is 2.21. The zero-order valence-corrected chi connectivity index (χ0v) is 8.75. The predicted molar refractivity (Wildman–Crippen MR) is 58.6 cm³/mol. The molecule has 1 rings (SSSR count). The molecule has 80 valence electrons. The summed E-state index contributed by atoms with van der Waals surface area (Å²) in [4.78, 5) is 20.6. The summed E-state index contributed by atoms with van der Waals surface area (Å²) in [6, 6.07) is 5.28. The average molecular weight is 227 g/mol. The molecule has 0 aliphatic rings. The van der Waals surface area contributed by atoms with Gasteiger partial charge in [-0.3, -0.25) is 9.59 Å². The van der Waals surface area contributed by atoms with E-state index in [0.717, 1.165) is 5.56 Å². The monoisotopic (exact) mass is 226 g/mol. The molecular weight excluding hydrogens is 216 g/mol. The molecule has 0 unspecified atom stereocenters. The number of anilines is 1. The molecule has 0 radical (unpaired) electrons. The Morgan fingerprint density at radius 1 is 1.53 bits per heavy atom. The SMILES string of the molecule is Nc1ccc(CCNC(=O)C=O)cc1Cl. The lowest BCUT2D eigenvalue weighted by molar-refractivity contribution is -0.131. The zero-order chi connectivity index (χ0) is 11.3. The molecule has 5 heteroatoms. The van der Waals surface area contributed by atoms with Crippen LogP contribution in [0.4, 0.5) is 5.69 Å². The van der Waals surface area contributed by atoms with E-state index in [2.05, 4.69) is 5.32 Å². The molecule has 0 spiro atoms. The number of halogens is 1. The minimum atomic E-state index is -0.614. The molecule has 3 N–H and O–H groups in total. The smallest absolute Gasteiger partial charge is 0.284 e. The van der Waals surface area contributed by atoms with Crippen LogP contribution in [0.2, 0.25) is 5.02 Å². The maximum absolute atomic E-state index is 10.6. The fourth-order valence-corrected chi connectivity index (χ4v) is 1.30. The number of carbonyl (C=O) groups is 2. The summed E-state index contributed by atoms with van der Waals surface area (Å²) in [6.07, 6.45) is 0.857. The fraction of sp³-hybridized carbons (Fsp3) is 0.200. The van der Waals surface area contributed by atoms with Crippen LogP contribution in [0.15, 0.2) is 18.2 Å². The first-order valence-corrected chi connectivity index (χ1v) is 4.78. The van der Waals surface area contributed by atoms with E-state index in [-0.39, 0.29) is 6.29 Å². The number of nitrogen functional groups attached to an aromatic ring is 1. The van der Waals surface area contributed by atoms with Crippen molar-refractivity contribution in [3.05, 3.63) is 28.8 Å². The molecule has 0 aliphatic carbocycles. The van der Waals surface area contributed by atoms with E-state index in [0.29, 0.717) is 23.7 Å². The van der Waals surface area contributed by atoms with E-state index in [4.69, 9.17) is 17.3 Å². The first-order chi connectivity index (χ1) is 7.13. The van der Waals surface area contributed by atoms with E-state index in [1.54, 1.807) is 12.1 Å². The molecule has 0 aromatic heterocycles. The highest BCUT2D eigenvalue weighted by Gasteiger charge is 2.00. The molecular formula is C10H11ClN2O2. The highest BCUT2D eigenvalue weighted by molar-refractivity contribution is 6.33. The Hall–Kier alpha value is -1.55. The van der Waals surface area contributed by atoms with Crippen LogP contribution in [-0.4, -0.2) is 18.7 Å². The van der Waals surface area contributed by atoms with Crippen LogP contribution in [0.3, 0.4) is 0 Å². The highest BCUT2D eigenvalue weighted by atomic mass is 35.5. The number of rotatable bonds is 4. The van der Waals surface area contributed by atoms with E-state index in [9.17, 15) is 9.59 Å². The second-order valence-electron chi connectivity index (χ2n) is 3.01. The van der Waals surface area contributed by atoms with Gasteiger partial charge in [-0.1, -0.05) is 17.7 Å². The highest BCUT2D eigenvalue weighted by Crippen LogP contribution is 2.19. The summed E-state index contributed by atoms with van der Waals surface area (Å²) in [5, 5.41) is 2.93. The Labute approximate surface area is 92.4 Å². The van der Waals surface area contributed by atoms with Crippen LogP contribution in [0.1, 0.15) is 5.56 Å². The standard InChI is InChI=1S/C10H11ClN2O2/c11-8-5-7(1-2-9(8)12)3-4-13-10(15)6-14/h1-2,5-6H,3-4,12H2,(H,13,15). The molecule has 15 heavy (non-hydrogen) atoms. The van der Waals surface area contributed by atoms with Gasteiger partial charge >= 0.3 is 0 Å². The van der Waals surface area contributed by atoms with Crippen LogP contribution < -0.4 is 11.1 Å². The molecule has 0 fully saturated rings. The minimum absolute atomic E-state index is 0.246. The zero-order valence-electron chi connectivity index (χ0n) is 8.00. The third-order valence-electron chi connectivity index (χ3n) is 1.88. The van der Waals surface area contributed by atoms with Crippen molar-refractivity contribution in [2.75, 3.05) is 12.3 Å². The number of nitrogens with two attached hydrogens (primary N) is 1. The lowest BCUT2D eigenvalue weighted by Crippen LogP contribution is -2.26. The normalized spacial score (nSPS) is 9.67. The Bertz CT molecular complexity index is 380. The molecule has 0 bridgehead atoms. The molecule has 1 aromatic rings. The van der Waals surface area contributed by atoms with Crippen LogP contribution >= 0.6 is 11.6 Å². The second-order valence-corrected chi connectivity index (χ2v) is 3.42. The number of hydrogen-bond donors (Lipinski definition) is 2. The summed E-state index contributed by atoms with van der Waals surface area (Å²) in [6.45, 7) is 0.401. The Kier molecular flexibility index (Phi) is 4.12. The molecule has 0 heterocycles. The van der Waals surface area contributed by atoms with E-state index >= 15 is 0 Å². The van der Waals surface area contributed by atoms with Crippen molar-refractivity contribution in [1.82, 2.24) is 5.32 Å². The van der Waals surface area contributed by atoms with E-state index in [1.807, 2.05) is 6.07 Å². The summed E-state index contributed by atoms with van der Waals surface area (Å²) in [5.41, 5.74) is 7.02. The maximum Gasteiger partial charge on any atom is 0.284 e. The molecule has 0 saturated heterocycles. The number of benzene rings is 1. The maximum atomic E-state index is 10.6. The second kappa shape index (κ2) is 5.36. The summed E-state index contributed by atoms with van der Waals surface area (Å²) < 4.78 is 0. The van der Waals surface area contributed by atoms with Gasteiger partial charge in [-0.25, -0.2) is 0 Å². The van der Waals surface area contributed by atoms with Crippen LogP contribution in [0.5, 0.6) is 0 Å². The lowest BCUT2D eigenvalue weighted by atomic mass is 10.1. The molecule has 4 nitrogen and oxygen atoms in total. The van der Waals surface area contributed by atoms with Crippen LogP contribution in [0.25, 0.3) is 0 Å². The van der Waals surface area contributed by atoms with Gasteiger partial charge in [0.05, 0.1) is 10.7 Å². The van der Waals surface area contributed by atoms with Gasteiger partial charge in [0.2, 0.25) is 6.29 Å². The predicted octanol–water partition coefficient (Wildman–Crippen LogP) is 0.780. The van der Waals surface area contributed by atoms with Crippen molar-refractivity contribution >= 4 is 29.5 Å². The fourth-order valence-electron chi connectivity index (χ4n) is 1.10. The molecule has 0 saturated carbocycles. The Balaban J connectivity index is 2.48. The van der Waals surface area contributed by atoms with Gasteiger partial charge in [-0.2, -0.15) is 0 Å². The number of hydrogen-bond acceptors (Lipinski definition) is 3. The van der Waals surface area contributed by atoms with Gasteiger partial charge in [0.1, 0.15) is 0 Å². The van der Waals surface area contributed by atoms with Gasteiger partial charge in [-0.15, -0.1) is 0 Å². The summed E-state index contributed by atoms with van der Waals surface area (Å²) >= 11 is 5.81. The van der Waals surface area contributed by atoms with Crippen molar-refractivity contribution < 1.29 is 9.59 Å². The van der Waals surface area contributed by atoms with Gasteiger partial charge < -0.3 is 11.1 Å². The van der Waals surface area contributed by atoms with Gasteiger partial charge in [-0.05, 0) is 24.1 Å². The molecule has 0 aliphatic heterocycles. The lowest BCUT2D eigenvalue weighted by Gasteiger charge is -2.04. The largest absolute Gasteiger partial charge is 0.398 e. The minimum Gasteiger partial charge on any atom is -0.398 e. The Morgan fingerprint density at radius 3 is 2.87 bits per heavy atom. The summed E-state index contributed by atoms with van der Waals surface area (Å²) in [5.74, 6) is -0.614. The van der Waals surface area contributed by atoms with Gasteiger partial charge in [0.25, 0.3) is 5.91 Å². The Morgan fingerprint density at radius 2 is 2.27 bits per heavy atom. The van der Waals surface area contributed by atoms with Crippen molar-refractivity contribution in [1.29, 1.82) is 0 Å². The third kappa shape index (κ3) is 3.59. The van der Waals surface area contributed by atoms with Crippen LogP contribution in [-0.2, 0) is 16.0 Å². The quantitative estimate of drug-likeness (QED) is 0.453. The summed E-state index contributed by atoms with van der Waals surface area (Å²) in [7, 11) is 0. The van der Waals surface area contributed by atoms with Crippen molar-refractivity contribution in [2.45, 2.75) is 6.42 Å². The molecule has 1 amide bonds. The molecule has 1 aromatic carbocycles. The van der Waals surface area contributed by atoms with Gasteiger partial charge in [0.15, 0.2) is 0 Å². The van der Waals surface area contributed by atoms with Crippen molar-refractivity contribution in [3.63, 3.8) is 0 Å². The topological polar surface area (TPSA) is 72.2 Å². The van der Waals surface area contributed by atoms with Gasteiger partial charge in [0, 0.05) is 6.54 Å². The number of carbonyl (C=O) groups excluding carboxylic acids is 2. The average Bonchev–Trinajstić information content (AvgIpc) is 2.23. The first kappa shape index (κ1) is 11.5. The number of amides is 1. The van der Waals surface area contributed by atoms with Crippen molar-refractivity contribution in [3.8, 4) is 0 Å². The molecule has 0 atom stereocenters. The van der Waals surface area contributed by atoms with E-state index < -0.39 is 5.91 Å². The van der Waals surface area contributed by atoms with E-state index in [1.165, 1.54) is 0 Å². The van der Waals surface area contributed by atoms with Crippen LogP contribution in [0, 0.1) is 0 Å². The number of nitrogens with one attached hydrogen (secondary N) is 1. The number of aldehydes is 1. The first-order valence-electron chi connectivity index (χ1n) is 4.40.